The molecule has 2 saturated heterocycles. The molecule has 3 aliphatic rings. The average molecular weight is 679 g/mol. The molecule has 49 heavy (non-hydrogen) atoms. The largest absolute Gasteiger partial charge is 0.418 e. The summed E-state index contributed by atoms with van der Waals surface area (Å²) in [5.74, 6) is 1.55. The molecule has 0 amide bonds. The Morgan fingerprint density at radius 3 is 2.57 bits per heavy atom. The van der Waals surface area contributed by atoms with Gasteiger partial charge in [-0.3, -0.25) is 13.9 Å². The quantitative estimate of drug-likeness (QED) is 0.196. The molecule has 0 radical (unpaired) electrons. The van der Waals surface area contributed by atoms with Crippen LogP contribution in [0.5, 0.6) is 0 Å². The lowest BCUT2D eigenvalue weighted by molar-refractivity contribution is -0.136. The highest BCUT2D eigenvalue weighted by Crippen LogP contribution is 2.51. The van der Waals surface area contributed by atoms with Crippen molar-refractivity contribution in [2.75, 3.05) is 26.2 Å². The molecule has 1 N–H and O–H groups in total. The van der Waals surface area contributed by atoms with Crippen LogP contribution in [0.25, 0.3) is 11.2 Å². The van der Waals surface area contributed by atoms with Gasteiger partial charge in [-0.1, -0.05) is 65.5 Å². The van der Waals surface area contributed by atoms with Crippen LogP contribution in [0, 0.1) is 34.5 Å². The van der Waals surface area contributed by atoms with E-state index in [1.54, 1.807) is 6.20 Å². The van der Waals surface area contributed by atoms with E-state index < -0.39 is 17.4 Å². The first-order valence-electron chi connectivity index (χ1n) is 18.5. The van der Waals surface area contributed by atoms with Gasteiger partial charge in [-0.15, -0.1) is 0 Å². The maximum atomic E-state index is 14.5. The fourth-order valence-corrected chi connectivity index (χ4v) is 9.26. The van der Waals surface area contributed by atoms with Crippen LogP contribution in [0.3, 0.4) is 0 Å². The number of fused-ring (bicyclic) bond motifs is 1. The summed E-state index contributed by atoms with van der Waals surface area (Å²) in [6, 6.07) is 11.6. The second-order valence-electron chi connectivity index (χ2n) is 15.5. The Kier molecular flexibility index (Phi) is 10.6. The molecule has 0 bridgehead atoms. The Bertz CT molecular complexity index is 1700. The average Bonchev–Trinajstić information content (AvgIpc) is 3.55. The summed E-state index contributed by atoms with van der Waals surface area (Å²) in [7, 11) is 0. The molecule has 3 fully saturated rings. The SMILES string of the molecule is CCCCC(CC)C1(C)CN(CC#N)NC1[C@@H](c1cccc(-n2cc3c(C(F)(F)F)cc(CN4CCC[C@H](C)C4)cn3c2=O)c1)C1CCC1. The minimum Gasteiger partial charge on any atom is -0.299 e. The summed E-state index contributed by atoms with van der Waals surface area (Å²) in [5.41, 5.74) is 4.45. The number of halogens is 3. The number of nitriles is 1. The summed E-state index contributed by atoms with van der Waals surface area (Å²) in [5, 5.41) is 11.7. The first-order chi connectivity index (χ1) is 23.5. The van der Waals surface area contributed by atoms with Gasteiger partial charge in [-0.05, 0) is 85.7 Å². The van der Waals surface area contributed by atoms with E-state index in [0.29, 0.717) is 42.1 Å². The number of hydrogen-bond donors (Lipinski definition) is 1. The monoisotopic (exact) mass is 678 g/mol. The second-order valence-corrected chi connectivity index (χ2v) is 15.5. The van der Waals surface area contributed by atoms with Crippen molar-refractivity contribution in [2.45, 2.75) is 110 Å². The van der Waals surface area contributed by atoms with Crippen LogP contribution >= 0.6 is 0 Å². The fraction of sp³-hybridized carbons (Fsp3) is 0.641. The topological polar surface area (TPSA) is 68.7 Å². The van der Waals surface area contributed by atoms with Gasteiger partial charge in [0.15, 0.2) is 0 Å². The molecule has 0 spiro atoms. The lowest BCUT2D eigenvalue weighted by Gasteiger charge is -2.46. The van der Waals surface area contributed by atoms with Crippen LogP contribution in [0.1, 0.15) is 108 Å². The minimum atomic E-state index is -4.60. The minimum absolute atomic E-state index is 0.0805. The molecular weight excluding hydrogens is 625 g/mol. The van der Waals surface area contributed by atoms with Crippen molar-refractivity contribution < 1.29 is 13.2 Å². The van der Waals surface area contributed by atoms with Crippen LogP contribution in [0.2, 0.25) is 0 Å². The molecule has 7 nitrogen and oxygen atoms in total. The summed E-state index contributed by atoms with van der Waals surface area (Å²) in [6.07, 6.45) is 8.37. The number of piperidine rings is 1. The van der Waals surface area contributed by atoms with Crippen molar-refractivity contribution in [1.82, 2.24) is 24.3 Å². The van der Waals surface area contributed by atoms with E-state index in [0.717, 1.165) is 76.6 Å². The van der Waals surface area contributed by atoms with Gasteiger partial charge in [0.05, 0.1) is 22.8 Å². The molecule has 2 aromatic heterocycles. The Hall–Kier alpha value is -3.13. The van der Waals surface area contributed by atoms with Crippen molar-refractivity contribution in [2.24, 2.45) is 23.2 Å². The highest BCUT2D eigenvalue weighted by atomic mass is 19.4. The van der Waals surface area contributed by atoms with Crippen molar-refractivity contribution >= 4 is 5.52 Å². The molecule has 5 atom stereocenters. The first kappa shape index (κ1) is 35.7. The van der Waals surface area contributed by atoms with E-state index in [2.05, 4.69) is 55.2 Å². The Balaban J connectivity index is 1.40. The maximum absolute atomic E-state index is 14.5. The molecule has 3 aromatic rings. The second kappa shape index (κ2) is 14.6. The highest BCUT2D eigenvalue weighted by Gasteiger charge is 2.52. The zero-order chi connectivity index (χ0) is 34.9. The molecule has 4 heterocycles. The number of rotatable bonds is 12. The number of hydrogen-bond acceptors (Lipinski definition) is 5. The standard InChI is InChI=1S/C39H53F3N6O/c1-5-7-15-31(6-2)38(4)26-46(19-17-43)44-36(38)35(29-12-8-13-29)30-14-9-16-32(21-30)47-25-34-33(39(40,41)42)20-28(24-48(34)37(47)49)23-45-18-10-11-27(3)22-45/h9,14,16,20-21,24-25,27,29,31,35-36,44H,5-8,10-13,15,18-19,22-23,26H2,1-4H3/t27-,31?,35+,36?,38?/m0/s1. The van der Waals surface area contributed by atoms with E-state index in [9.17, 15) is 23.2 Å². The summed E-state index contributed by atoms with van der Waals surface area (Å²) in [6.45, 7) is 12.2. The number of imidazole rings is 1. The molecule has 10 heteroatoms. The Morgan fingerprint density at radius 2 is 1.92 bits per heavy atom. The van der Waals surface area contributed by atoms with Crippen LogP contribution in [-0.4, -0.2) is 51.1 Å². The van der Waals surface area contributed by atoms with Gasteiger partial charge in [-0.2, -0.15) is 18.4 Å². The van der Waals surface area contributed by atoms with Gasteiger partial charge >= 0.3 is 11.9 Å². The van der Waals surface area contributed by atoms with E-state index in [4.69, 9.17) is 0 Å². The maximum Gasteiger partial charge on any atom is 0.418 e. The van der Waals surface area contributed by atoms with Crippen LogP contribution < -0.4 is 11.1 Å². The van der Waals surface area contributed by atoms with Crippen LogP contribution in [0.4, 0.5) is 13.2 Å². The number of alkyl halides is 3. The summed E-state index contributed by atoms with van der Waals surface area (Å²) < 4.78 is 46.1. The van der Waals surface area contributed by atoms with Crippen LogP contribution in [-0.2, 0) is 12.7 Å². The van der Waals surface area contributed by atoms with Gasteiger partial charge < -0.3 is 0 Å². The van der Waals surface area contributed by atoms with Gasteiger partial charge in [0, 0.05) is 49.4 Å². The predicted molar refractivity (Wildman–Crippen MR) is 187 cm³/mol. The number of nitrogens with zero attached hydrogens (tertiary/aromatic N) is 5. The number of hydrazine groups is 1. The lowest BCUT2D eigenvalue weighted by atomic mass is 9.60. The number of pyridine rings is 1. The van der Waals surface area contributed by atoms with Crippen molar-refractivity contribution in [1.29, 1.82) is 5.26 Å². The third kappa shape index (κ3) is 7.22. The number of likely N-dealkylation sites (tertiary alicyclic amines) is 1. The predicted octanol–water partition coefficient (Wildman–Crippen LogP) is 8.16. The molecule has 266 valence electrons. The Labute approximate surface area is 289 Å². The van der Waals surface area contributed by atoms with E-state index in [1.165, 1.54) is 27.7 Å². The first-order valence-corrected chi connectivity index (χ1v) is 18.5. The third-order valence-electron chi connectivity index (χ3n) is 12.0. The molecule has 1 saturated carbocycles. The molecule has 1 aromatic carbocycles. The summed E-state index contributed by atoms with van der Waals surface area (Å²) >= 11 is 0. The number of aromatic nitrogens is 2. The molecular formula is C39H53F3N6O. The zero-order valence-corrected chi connectivity index (χ0v) is 29.6. The van der Waals surface area contributed by atoms with E-state index in [1.807, 2.05) is 18.2 Å². The molecule has 3 unspecified atom stereocenters. The third-order valence-corrected chi connectivity index (χ3v) is 12.0. The highest BCUT2D eigenvalue weighted by molar-refractivity contribution is 5.58. The number of unbranched alkanes of at least 4 members (excludes halogenated alkanes) is 1. The van der Waals surface area contributed by atoms with Crippen molar-refractivity contribution in [3.05, 3.63) is 69.9 Å². The normalized spacial score (nSPS) is 25.3. The molecule has 6 rings (SSSR count). The van der Waals surface area contributed by atoms with Gasteiger partial charge in [-0.25, -0.2) is 15.2 Å². The number of benzene rings is 1. The lowest BCUT2D eigenvalue weighted by Crippen LogP contribution is -2.49. The van der Waals surface area contributed by atoms with Gasteiger partial charge in [0.2, 0.25) is 0 Å². The van der Waals surface area contributed by atoms with Crippen molar-refractivity contribution in [3.63, 3.8) is 0 Å². The van der Waals surface area contributed by atoms with E-state index in [-0.39, 0.29) is 22.9 Å². The number of nitrogens with one attached hydrogen (secondary N) is 1. The Morgan fingerprint density at radius 1 is 1.12 bits per heavy atom. The van der Waals surface area contributed by atoms with Gasteiger partial charge in [0.25, 0.3) is 0 Å². The van der Waals surface area contributed by atoms with E-state index >= 15 is 0 Å². The zero-order valence-electron chi connectivity index (χ0n) is 29.6. The van der Waals surface area contributed by atoms with Gasteiger partial charge in [0.1, 0.15) is 6.54 Å². The van der Waals surface area contributed by atoms with Crippen molar-refractivity contribution in [3.8, 4) is 11.8 Å². The smallest absolute Gasteiger partial charge is 0.299 e. The fourth-order valence-electron chi connectivity index (χ4n) is 9.26. The molecule has 1 aliphatic carbocycles. The molecule has 2 aliphatic heterocycles. The summed E-state index contributed by atoms with van der Waals surface area (Å²) in [4.78, 5) is 16.2. The van der Waals surface area contributed by atoms with Crippen LogP contribution in [0.15, 0.2) is 47.5 Å².